The highest BCUT2D eigenvalue weighted by atomic mass is 32.2. The van der Waals surface area contributed by atoms with Gasteiger partial charge in [0.05, 0.1) is 10.5 Å². The van der Waals surface area contributed by atoms with Crippen LogP contribution < -0.4 is 10.6 Å². The minimum Gasteiger partial charge on any atom is -0.351 e. The van der Waals surface area contributed by atoms with Crippen LogP contribution >= 0.6 is 0 Å². The van der Waals surface area contributed by atoms with Crippen LogP contribution in [-0.2, 0) is 34.1 Å². The second-order valence-corrected chi connectivity index (χ2v) is 12.1. The van der Waals surface area contributed by atoms with Crippen molar-refractivity contribution in [2.45, 2.75) is 68.9 Å². The lowest BCUT2D eigenvalue weighted by molar-refractivity contribution is -0.137. The second kappa shape index (κ2) is 12.5. The lowest BCUT2D eigenvalue weighted by atomic mass is 9.98. The van der Waals surface area contributed by atoms with Crippen molar-refractivity contribution in [3.05, 3.63) is 95.3 Å². The van der Waals surface area contributed by atoms with Crippen LogP contribution in [-0.4, -0.2) is 42.2 Å². The minimum absolute atomic E-state index is 0.0282. The number of amides is 1. The van der Waals surface area contributed by atoms with E-state index in [1.165, 1.54) is 16.4 Å². The number of carbonyl (C=O) groups is 1. The van der Waals surface area contributed by atoms with Crippen LogP contribution in [0.3, 0.4) is 0 Å². The predicted octanol–water partition coefficient (Wildman–Crippen LogP) is 4.85. The maximum absolute atomic E-state index is 13.7. The van der Waals surface area contributed by atoms with Crippen LogP contribution in [0.1, 0.15) is 54.9 Å². The first-order chi connectivity index (χ1) is 18.9. The summed E-state index contributed by atoms with van der Waals surface area (Å²) in [7, 11) is -3.98. The van der Waals surface area contributed by atoms with E-state index in [1.54, 1.807) is 36.7 Å². The van der Waals surface area contributed by atoms with E-state index >= 15 is 0 Å². The van der Waals surface area contributed by atoms with Gasteiger partial charge in [-0.1, -0.05) is 38.1 Å². The van der Waals surface area contributed by atoms with E-state index in [2.05, 4.69) is 15.6 Å². The SMILES string of the molecule is CC(C)c1ccc(S(=O)(=O)N2CC[C@@H](NCc3ccncc3)C[C@@H]2C(=O)NCc2ccc(C(F)(F)F)cc2)cc1. The minimum atomic E-state index is -4.45. The van der Waals surface area contributed by atoms with Gasteiger partial charge < -0.3 is 10.6 Å². The Labute approximate surface area is 232 Å². The number of benzene rings is 2. The number of aromatic nitrogens is 1. The van der Waals surface area contributed by atoms with E-state index in [4.69, 9.17) is 0 Å². The number of alkyl halides is 3. The maximum atomic E-state index is 13.7. The molecule has 40 heavy (non-hydrogen) atoms. The highest BCUT2D eigenvalue weighted by Gasteiger charge is 2.40. The molecule has 0 aliphatic carbocycles. The van der Waals surface area contributed by atoms with Gasteiger partial charge in [-0.3, -0.25) is 9.78 Å². The number of nitrogens with one attached hydrogen (secondary N) is 2. The largest absolute Gasteiger partial charge is 0.416 e. The molecule has 1 saturated heterocycles. The van der Waals surface area contributed by atoms with E-state index in [0.29, 0.717) is 18.5 Å². The van der Waals surface area contributed by atoms with Gasteiger partial charge in [-0.05, 0) is 71.8 Å². The fourth-order valence-electron chi connectivity index (χ4n) is 4.70. The van der Waals surface area contributed by atoms with Gasteiger partial charge in [0.2, 0.25) is 15.9 Å². The number of hydrogen-bond acceptors (Lipinski definition) is 5. The average Bonchev–Trinajstić information content (AvgIpc) is 2.95. The molecular weight excluding hydrogens is 541 g/mol. The Hall–Kier alpha value is -3.28. The van der Waals surface area contributed by atoms with Crippen molar-refractivity contribution in [1.29, 1.82) is 0 Å². The van der Waals surface area contributed by atoms with Crippen molar-refractivity contribution < 1.29 is 26.4 Å². The first-order valence-electron chi connectivity index (χ1n) is 13.1. The molecule has 2 atom stereocenters. The highest BCUT2D eigenvalue weighted by molar-refractivity contribution is 7.89. The summed E-state index contributed by atoms with van der Waals surface area (Å²) < 4.78 is 67.3. The summed E-state index contributed by atoms with van der Waals surface area (Å²) in [4.78, 5) is 17.5. The van der Waals surface area contributed by atoms with Crippen molar-refractivity contribution in [1.82, 2.24) is 19.9 Å². The molecule has 0 radical (unpaired) electrons. The molecule has 1 aliphatic rings. The number of halogens is 3. The zero-order valence-corrected chi connectivity index (χ0v) is 23.2. The first kappa shape index (κ1) is 29.7. The Kier molecular flexibility index (Phi) is 9.27. The van der Waals surface area contributed by atoms with Crippen LogP contribution in [0.5, 0.6) is 0 Å². The van der Waals surface area contributed by atoms with Gasteiger partial charge in [-0.2, -0.15) is 17.5 Å². The third kappa shape index (κ3) is 7.26. The first-order valence-corrected chi connectivity index (χ1v) is 14.6. The van der Waals surface area contributed by atoms with Crippen LogP contribution in [0.2, 0.25) is 0 Å². The molecule has 0 saturated carbocycles. The van der Waals surface area contributed by atoms with E-state index in [-0.39, 0.29) is 36.4 Å². The van der Waals surface area contributed by atoms with Gasteiger partial charge in [-0.15, -0.1) is 0 Å². The molecule has 2 N–H and O–H groups in total. The smallest absolute Gasteiger partial charge is 0.351 e. The Morgan fingerprint density at radius 1 is 0.975 bits per heavy atom. The average molecular weight is 575 g/mol. The van der Waals surface area contributed by atoms with Gasteiger partial charge >= 0.3 is 6.18 Å². The lowest BCUT2D eigenvalue weighted by Crippen LogP contribution is -2.56. The third-order valence-electron chi connectivity index (χ3n) is 7.10. The molecule has 2 aromatic carbocycles. The fraction of sp³-hybridized carbons (Fsp3) is 0.379. The molecule has 0 spiro atoms. The van der Waals surface area contributed by atoms with E-state index < -0.39 is 33.7 Å². The number of pyridine rings is 1. The van der Waals surface area contributed by atoms with E-state index in [9.17, 15) is 26.4 Å². The van der Waals surface area contributed by atoms with Gasteiger partial charge in [-0.25, -0.2) is 8.42 Å². The lowest BCUT2D eigenvalue weighted by Gasteiger charge is -2.38. The van der Waals surface area contributed by atoms with Crippen molar-refractivity contribution in [2.24, 2.45) is 0 Å². The summed E-state index contributed by atoms with van der Waals surface area (Å²) in [5.74, 6) is -0.264. The summed E-state index contributed by atoms with van der Waals surface area (Å²) in [6.07, 6.45) is -0.322. The zero-order chi connectivity index (χ0) is 28.9. The summed E-state index contributed by atoms with van der Waals surface area (Å²) >= 11 is 0. The second-order valence-electron chi connectivity index (χ2n) is 10.2. The molecule has 1 aromatic heterocycles. The Balaban J connectivity index is 1.51. The molecular formula is C29H33F3N4O3S. The Morgan fingerprint density at radius 2 is 1.60 bits per heavy atom. The Bertz CT molecular complexity index is 1380. The van der Waals surface area contributed by atoms with Crippen LogP contribution in [0.25, 0.3) is 0 Å². The molecule has 0 bridgehead atoms. The molecule has 214 valence electrons. The topological polar surface area (TPSA) is 91.4 Å². The number of hydrogen-bond donors (Lipinski definition) is 2. The molecule has 1 aliphatic heterocycles. The fourth-order valence-corrected chi connectivity index (χ4v) is 6.31. The van der Waals surface area contributed by atoms with Gasteiger partial charge in [0.25, 0.3) is 0 Å². The Morgan fingerprint density at radius 3 is 2.20 bits per heavy atom. The van der Waals surface area contributed by atoms with Crippen molar-refractivity contribution in [2.75, 3.05) is 6.54 Å². The number of sulfonamides is 1. The maximum Gasteiger partial charge on any atom is 0.416 e. The molecule has 3 aromatic rings. The summed E-state index contributed by atoms with van der Waals surface area (Å²) in [6.45, 7) is 4.69. The van der Waals surface area contributed by atoms with Gasteiger partial charge in [0.1, 0.15) is 6.04 Å². The molecule has 1 amide bonds. The summed E-state index contributed by atoms with van der Waals surface area (Å²) in [5.41, 5.74) is 1.71. The monoisotopic (exact) mass is 574 g/mol. The molecule has 0 unspecified atom stereocenters. The predicted molar refractivity (Wildman–Crippen MR) is 146 cm³/mol. The molecule has 1 fully saturated rings. The number of piperidine rings is 1. The van der Waals surface area contributed by atoms with Gasteiger partial charge in [0, 0.05) is 38.1 Å². The highest BCUT2D eigenvalue weighted by Crippen LogP contribution is 2.30. The number of rotatable bonds is 9. The molecule has 11 heteroatoms. The van der Waals surface area contributed by atoms with Crippen LogP contribution in [0, 0.1) is 0 Å². The number of carbonyl (C=O) groups excluding carboxylic acids is 1. The molecule has 4 rings (SSSR count). The third-order valence-corrected chi connectivity index (χ3v) is 9.02. The summed E-state index contributed by atoms with van der Waals surface area (Å²) in [6, 6.07) is 13.8. The van der Waals surface area contributed by atoms with Crippen molar-refractivity contribution in [3.63, 3.8) is 0 Å². The quantitative estimate of drug-likeness (QED) is 0.381. The summed E-state index contributed by atoms with van der Waals surface area (Å²) in [5, 5.41) is 6.15. The van der Waals surface area contributed by atoms with Gasteiger partial charge in [0.15, 0.2) is 0 Å². The van der Waals surface area contributed by atoms with E-state index in [0.717, 1.165) is 23.3 Å². The normalized spacial score (nSPS) is 18.6. The van der Waals surface area contributed by atoms with Crippen molar-refractivity contribution in [3.8, 4) is 0 Å². The van der Waals surface area contributed by atoms with Crippen LogP contribution in [0.15, 0.2) is 78.0 Å². The van der Waals surface area contributed by atoms with Crippen molar-refractivity contribution >= 4 is 15.9 Å². The molecule has 2 heterocycles. The van der Waals surface area contributed by atoms with Crippen LogP contribution in [0.4, 0.5) is 13.2 Å². The van der Waals surface area contributed by atoms with E-state index in [1.807, 2.05) is 26.0 Å². The standard InChI is InChI=1S/C29H33F3N4O3S/c1-20(2)23-5-9-26(10-6-23)40(38,39)36-16-13-25(34-18-22-11-14-33-15-12-22)17-27(36)28(37)35-19-21-3-7-24(8-4-21)29(30,31)32/h3-12,14-15,20,25,27,34H,13,16-19H2,1-2H3,(H,35,37)/t25-,27-/m1/s1. The molecule has 7 nitrogen and oxygen atoms in total. The number of nitrogens with zero attached hydrogens (tertiary/aromatic N) is 2. The zero-order valence-electron chi connectivity index (χ0n) is 22.4.